The largest absolute Gasteiger partial charge is 0.480 e. The Morgan fingerprint density at radius 2 is 1.64 bits per heavy atom. The molecule has 0 aliphatic carbocycles. The van der Waals surface area contributed by atoms with Gasteiger partial charge in [-0.2, -0.15) is 0 Å². The van der Waals surface area contributed by atoms with Crippen LogP contribution in [0.25, 0.3) is 0 Å². The minimum absolute atomic E-state index is 0.0222. The van der Waals surface area contributed by atoms with E-state index >= 15 is 0 Å². The van der Waals surface area contributed by atoms with E-state index in [1.165, 1.54) is 11.8 Å². The number of hydrogen-bond donors (Lipinski definition) is 1. The molecule has 1 heterocycles. The standard InChI is InChI=1S/C20H35N3O5/c1-4-11-21(12-5-2)18(25)8-9-19(26)22-13-6-7-17(10-14-22)23(16(3)24)15-20(27)28/h17H,4-15H2,1-3H3,(H,27,28). The maximum atomic E-state index is 12.6. The van der Waals surface area contributed by atoms with Gasteiger partial charge in [0.2, 0.25) is 17.7 Å². The van der Waals surface area contributed by atoms with Crippen molar-refractivity contribution in [3.8, 4) is 0 Å². The Labute approximate surface area is 167 Å². The summed E-state index contributed by atoms with van der Waals surface area (Å²) >= 11 is 0. The molecule has 1 saturated heterocycles. The number of carboxylic acids is 1. The molecule has 0 spiro atoms. The van der Waals surface area contributed by atoms with Crippen molar-refractivity contribution >= 4 is 23.7 Å². The van der Waals surface area contributed by atoms with Gasteiger partial charge in [-0.3, -0.25) is 19.2 Å². The van der Waals surface area contributed by atoms with Gasteiger partial charge in [0.15, 0.2) is 0 Å². The van der Waals surface area contributed by atoms with E-state index in [9.17, 15) is 19.2 Å². The Hall–Kier alpha value is -2.12. The highest BCUT2D eigenvalue weighted by molar-refractivity contribution is 5.84. The summed E-state index contributed by atoms with van der Waals surface area (Å²) in [5.41, 5.74) is 0. The van der Waals surface area contributed by atoms with Gasteiger partial charge < -0.3 is 19.8 Å². The zero-order valence-electron chi connectivity index (χ0n) is 17.5. The average Bonchev–Trinajstić information content (AvgIpc) is 2.89. The van der Waals surface area contributed by atoms with Crippen LogP contribution in [0.1, 0.15) is 65.7 Å². The van der Waals surface area contributed by atoms with Gasteiger partial charge in [-0.15, -0.1) is 0 Å². The molecule has 1 rings (SSSR count). The van der Waals surface area contributed by atoms with Gasteiger partial charge in [-0.1, -0.05) is 13.8 Å². The summed E-state index contributed by atoms with van der Waals surface area (Å²) in [6, 6.07) is -0.169. The van der Waals surface area contributed by atoms with Gasteiger partial charge in [-0.05, 0) is 32.1 Å². The molecule has 28 heavy (non-hydrogen) atoms. The van der Waals surface area contributed by atoms with Crippen molar-refractivity contribution < 1.29 is 24.3 Å². The summed E-state index contributed by atoms with van der Waals surface area (Å²) in [6.45, 7) is 7.62. The highest BCUT2D eigenvalue weighted by Gasteiger charge is 2.27. The number of amides is 3. The molecule has 0 bridgehead atoms. The fourth-order valence-corrected chi connectivity index (χ4v) is 3.71. The second kappa shape index (κ2) is 12.4. The van der Waals surface area contributed by atoms with Crippen molar-refractivity contribution in [3.05, 3.63) is 0 Å². The van der Waals surface area contributed by atoms with E-state index in [4.69, 9.17) is 5.11 Å². The molecular weight excluding hydrogens is 362 g/mol. The van der Waals surface area contributed by atoms with Gasteiger partial charge in [0, 0.05) is 52.0 Å². The first-order valence-corrected chi connectivity index (χ1v) is 10.3. The first-order chi connectivity index (χ1) is 13.3. The second-order valence-electron chi connectivity index (χ2n) is 7.39. The van der Waals surface area contributed by atoms with Crippen LogP contribution in [0.4, 0.5) is 0 Å². The van der Waals surface area contributed by atoms with Crippen LogP contribution in [-0.4, -0.2) is 82.3 Å². The molecule has 1 aliphatic rings. The Kier molecular flexibility index (Phi) is 10.6. The number of nitrogens with zero attached hydrogens (tertiary/aromatic N) is 3. The first-order valence-electron chi connectivity index (χ1n) is 10.3. The molecule has 0 aromatic carbocycles. The van der Waals surface area contributed by atoms with Gasteiger partial charge in [-0.25, -0.2) is 0 Å². The summed E-state index contributed by atoms with van der Waals surface area (Å²) in [7, 11) is 0. The quantitative estimate of drug-likeness (QED) is 0.605. The molecule has 0 radical (unpaired) electrons. The number of hydrogen-bond acceptors (Lipinski definition) is 4. The Balaban J connectivity index is 2.56. The van der Waals surface area contributed by atoms with Crippen LogP contribution in [0.2, 0.25) is 0 Å². The van der Waals surface area contributed by atoms with Crippen LogP contribution in [0.15, 0.2) is 0 Å². The van der Waals surface area contributed by atoms with Gasteiger partial charge in [0.25, 0.3) is 0 Å². The number of rotatable bonds is 10. The maximum absolute atomic E-state index is 12.6. The average molecular weight is 398 g/mol. The van der Waals surface area contributed by atoms with Crippen LogP contribution in [0.5, 0.6) is 0 Å². The minimum atomic E-state index is -1.03. The van der Waals surface area contributed by atoms with E-state index in [-0.39, 0.29) is 43.1 Å². The predicted molar refractivity (Wildman–Crippen MR) is 106 cm³/mol. The molecule has 160 valence electrons. The molecule has 1 aliphatic heterocycles. The predicted octanol–water partition coefficient (Wildman–Crippen LogP) is 1.73. The molecule has 0 saturated carbocycles. The monoisotopic (exact) mass is 397 g/mol. The van der Waals surface area contributed by atoms with Crippen LogP contribution >= 0.6 is 0 Å². The third-order valence-corrected chi connectivity index (χ3v) is 5.09. The van der Waals surface area contributed by atoms with Crippen LogP contribution in [0.3, 0.4) is 0 Å². The number of aliphatic carboxylic acids is 1. The minimum Gasteiger partial charge on any atom is -0.480 e. The molecular formula is C20H35N3O5. The third-order valence-electron chi connectivity index (χ3n) is 5.09. The topological polar surface area (TPSA) is 98.2 Å². The summed E-state index contributed by atoms with van der Waals surface area (Å²) < 4.78 is 0. The normalized spacial score (nSPS) is 17.0. The summed E-state index contributed by atoms with van der Waals surface area (Å²) in [6.07, 6.45) is 4.16. The van der Waals surface area contributed by atoms with E-state index in [2.05, 4.69) is 0 Å². The Morgan fingerprint density at radius 3 is 2.18 bits per heavy atom. The van der Waals surface area contributed by atoms with Crippen LogP contribution < -0.4 is 0 Å². The lowest BCUT2D eigenvalue weighted by Gasteiger charge is -2.29. The molecule has 1 unspecified atom stereocenters. The van der Waals surface area contributed by atoms with E-state index in [1.54, 1.807) is 4.90 Å². The number of carbonyl (C=O) groups excluding carboxylic acids is 3. The highest BCUT2D eigenvalue weighted by Crippen LogP contribution is 2.18. The van der Waals surface area contributed by atoms with E-state index in [0.29, 0.717) is 32.4 Å². The molecule has 3 amide bonds. The summed E-state index contributed by atoms with van der Waals surface area (Å²) in [4.78, 5) is 52.7. The van der Waals surface area contributed by atoms with Crippen molar-refractivity contribution in [2.45, 2.75) is 71.8 Å². The first kappa shape index (κ1) is 23.9. The lowest BCUT2D eigenvalue weighted by Crippen LogP contribution is -2.43. The van der Waals surface area contributed by atoms with Gasteiger partial charge >= 0.3 is 5.97 Å². The molecule has 1 fully saturated rings. The van der Waals surface area contributed by atoms with E-state index in [0.717, 1.165) is 25.9 Å². The number of carbonyl (C=O) groups is 4. The van der Waals surface area contributed by atoms with Gasteiger partial charge in [0.05, 0.1) is 0 Å². The Morgan fingerprint density at radius 1 is 1.00 bits per heavy atom. The lowest BCUT2D eigenvalue weighted by atomic mass is 10.1. The number of carboxylic acid groups (broad SMARTS) is 1. The molecule has 1 N–H and O–H groups in total. The van der Waals surface area contributed by atoms with Crippen molar-refractivity contribution in [1.82, 2.24) is 14.7 Å². The molecule has 8 nitrogen and oxygen atoms in total. The smallest absolute Gasteiger partial charge is 0.323 e. The fraction of sp³-hybridized carbons (Fsp3) is 0.800. The van der Waals surface area contributed by atoms with E-state index in [1.807, 2.05) is 18.7 Å². The van der Waals surface area contributed by atoms with Crippen LogP contribution in [-0.2, 0) is 19.2 Å². The maximum Gasteiger partial charge on any atom is 0.323 e. The third kappa shape index (κ3) is 7.86. The fourth-order valence-electron chi connectivity index (χ4n) is 3.71. The van der Waals surface area contributed by atoms with Crippen molar-refractivity contribution in [2.75, 3.05) is 32.7 Å². The van der Waals surface area contributed by atoms with Crippen molar-refractivity contribution in [3.63, 3.8) is 0 Å². The van der Waals surface area contributed by atoms with Crippen LogP contribution in [0, 0.1) is 0 Å². The zero-order chi connectivity index (χ0) is 21.1. The van der Waals surface area contributed by atoms with E-state index < -0.39 is 5.97 Å². The summed E-state index contributed by atoms with van der Waals surface area (Å²) in [5, 5.41) is 9.02. The zero-order valence-corrected chi connectivity index (χ0v) is 17.5. The highest BCUT2D eigenvalue weighted by atomic mass is 16.4. The summed E-state index contributed by atoms with van der Waals surface area (Å²) in [5.74, 6) is -1.32. The molecule has 1 atom stereocenters. The molecule has 8 heteroatoms. The molecule has 0 aromatic rings. The van der Waals surface area contributed by atoms with Crippen molar-refractivity contribution in [1.29, 1.82) is 0 Å². The number of likely N-dealkylation sites (tertiary alicyclic amines) is 1. The van der Waals surface area contributed by atoms with Crippen molar-refractivity contribution in [2.24, 2.45) is 0 Å². The second-order valence-corrected chi connectivity index (χ2v) is 7.39. The lowest BCUT2D eigenvalue weighted by molar-refractivity contribution is -0.145. The molecule has 0 aromatic heterocycles. The SMILES string of the molecule is CCCN(CCC)C(=O)CCC(=O)N1CCCC(N(CC(=O)O)C(C)=O)CC1. The Bertz CT molecular complexity index is 546. The van der Waals surface area contributed by atoms with Gasteiger partial charge in [0.1, 0.15) is 6.54 Å².